The number of nitrogens with zero attached hydrogens (tertiary/aromatic N) is 1. The van der Waals surface area contributed by atoms with E-state index in [-0.39, 0.29) is 0 Å². The van der Waals surface area contributed by atoms with Crippen LogP contribution in [0.25, 0.3) is 55.8 Å². The van der Waals surface area contributed by atoms with E-state index < -0.39 is 0 Å². The van der Waals surface area contributed by atoms with Gasteiger partial charge in [0.05, 0.1) is 5.69 Å². The molecule has 1 nitrogen and oxygen atoms in total. The molecule has 0 atom stereocenters. The lowest BCUT2D eigenvalue weighted by Gasteiger charge is -2.13. The van der Waals surface area contributed by atoms with Crippen molar-refractivity contribution in [1.29, 1.82) is 0 Å². The Labute approximate surface area is 237 Å². The second-order valence-electron chi connectivity index (χ2n) is 10.9. The van der Waals surface area contributed by atoms with Gasteiger partial charge in [-0.3, -0.25) is 4.98 Å². The number of pyridine rings is 1. The fourth-order valence-electron chi connectivity index (χ4n) is 5.78. The van der Waals surface area contributed by atoms with Crippen molar-refractivity contribution in [2.75, 3.05) is 0 Å². The molecule has 0 spiro atoms. The van der Waals surface area contributed by atoms with Crippen LogP contribution in [0.2, 0.25) is 0 Å². The van der Waals surface area contributed by atoms with Gasteiger partial charge in [-0.05, 0) is 72.7 Å². The van der Waals surface area contributed by atoms with Crippen LogP contribution < -0.4 is 0 Å². The van der Waals surface area contributed by atoms with E-state index in [2.05, 4.69) is 149 Å². The van der Waals surface area contributed by atoms with Crippen molar-refractivity contribution in [2.24, 2.45) is 0 Å². The number of aryl methyl sites for hydroxylation is 4. The normalized spacial score (nSPS) is 11.0. The average molecular weight is 516 g/mol. The molecule has 40 heavy (non-hydrogen) atoms. The number of hydrogen-bond donors (Lipinski definition) is 0. The number of benzene rings is 5. The third-order valence-electron chi connectivity index (χ3n) is 7.49. The van der Waals surface area contributed by atoms with Crippen molar-refractivity contribution in [1.82, 2.24) is 4.98 Å². The lowest BCUT2D eigenvalue weighted by atomic mass is 9.92. The minimum Gasteiger partial charge on any atom is -0.256 e. The lowest BCUT2D eigenvalue weighted by Crippen LogP contribution is -1.90. The Morgan fingerprint density at radius 2 is 0.725 bits per heavy atom. The van der Waals surface area contributed by atoms with Crippen molar-refractivity contribution < 1.29 is 0 Å². The molecule has 0 aliphatic rings. The number of rotatable bonds is 5. The third-order valence-corrected chi connectivity index (χ3v) is 7.49. The highest BCUT2D eigenvalue weighted by molar-refractivity contribution is 5.86. The van der Waals surface area contributed by atoms with Crippen molar-refractivity contribution in [3.05, 3.63) is 150 Å². The molecule has 0 amide bonds. The zero-order chi connectivity index (χ0) is 27.6. The van der Waals surface area contributed by atoms with Gasteiger partial charge in [0, 0.05) is 17.3 Å². The molecule has 0 bridgehead atoms. The van der Waals surface area contributed by atoms with Crippen molar-refractivity contribution in [2.45, 2.75) is 27.7 Å². The van der Waals surface area contributed by atoms with Crippen molar-refractivity contribution in [3.8, 4) is 55.8 Å². The largest absolute Gasteiger partial charge is 0.256 e. The minimum atomic E-state index is 0.974. The van der Waals surface area contributed by atoms with Crippen LogP contribution in [0.5, 0.6) is 0 Å². The van der Waals surface area contributed by atoms with Crippen molar-refractivity contribution >= 4 is 0 Å². The Hall–Kier alpha value is -4.75. The van der Waals surface area contributed by atoms with Gasteiger partial charge in [0.25, 0.3) is 0 Å². The van der Waals surface area contributed by atoms with Gasteiger partial charge in [-0.15, -0.1) is 0 Å². The van der Waals surface area contributed by atoms with Crippen LogP contribution in [-0.2, 0) is 0 Å². The second-order valence-corrected chi connectivity index (χ2v) is 10.9. The summed E-state index contributed by atoms with van der Waals surface area (Å²) in [6.45, 7) is 8.63. The van der Waals surface area contributed by atoms with E-state index in [0.29, 0.717) is 0 Å². The first-order valence-electron chi connectivity index (χ1n) is 13.9. The molecule has 0 saturated heterocycles. The SMILES string of the molecule is Cc1cc(C)cc(-c2ccccc2-c2ccc(-c3ccc(-c4ccccc4-c4cc(C)cc(C)c4)cn3)cc2)c1. The molecule has 0 saturated carbocycles. The van der Waals surface area contributed by atoms with Crippen LogP contribution in [0.1, 0.15) is 22.3 Å². The predicted molar refractivity (Wildman–Crippen MR) is 170 cm³/mol. The topological polar surface area (TPSA) is 12.9 Å². The van der Waals surface area contributed by atoms with E-state index in [9.17, 15) is 0 Å². The summed E-state index contributed by atoms with van der Waals surface area (Å²) in [4.78, 5) is 4.88. The molecule has 0 aliphatic heterocycles. The van der Waals surface area contributed by atoms with Crippen LogP contribution in [0.15, 0.2) is 128 Å². The predicted octanol–water partition coefficient (Wildman–Crippen LogP) is 10.7. The second kappa shape index (κ2) is 10.8. The summed E-state index contributed by atoms with van der Waals surface area (Å²) in [7, 11) is 0. The standard InChI is InChI=1S/C39H33N/c1-26-19-27(2)22-33(21-26)37-11-7-5-9-35(37)30-13-15-31(16-14-30)39-18-17-32(25-40-39)36-10-6-8-12-38(36)34-23-28(3)20-29(4)24-34/h5-25H,1-4H3. The molecule has 0 N–H and O–H groups in total. The summed E-state index contributed by atoms with van der Waals surface area (Å²) in [6, 6.07) is 43.9. The molecule has 0 radical (unpaired) electrons. The molecule has 0 aliphatic carbocycles. The van der Waals surface area contributed by atoms with Gasteiger partial charge in [0.1, 0.15) is 0 Å². The summed E-state index contributed by atoms with van der Waals surface area (Å²) < 4.78 is 0. The molecule has 0 fully saturated rings. The van der Waals surface area contributed by atoms with E-state index >= 15 is 0 Å². The van der Waals surface area contributed by atoms with Crippen LogP contribution >= 0.6 is 0 Å². The first kappa shape index (κ1) is 25.5. The van der Waals surface area contributed by atoms with Crippen LogP contribution in [0.4, 0.5) is 0 Å². The first-order valence-corrected chi connectivity index (χ1v) is 13.9. The highest BCUT2D eigenvalue weighted by Crippen LogP contribution is 2.35. The molecule has 1 heterocycles. The highest BCUT2D eigenvalue weighted by atomic mass is 14.7. The Balaban J connectivity index is 1.30. The van der Waals surface area contributed by atoms with E-state index in [1.165, 1.54) is 61.2 Å². The Kier molecular flexibility index (Phi) is 6.88. The van der Waals surface area contributed by atoms with Crippen LogP contribution in [-0.4, -0.2) is 4.98 Å². The zero-order valence-corrected chi connectivity index (χ0v) is 23.6. The lowest BCUT2D eigenvalue weighted by molar-refractivity contribution is 1.32. The van der Waals surface area contributed by atoms with Gasteiger partial charge in [0.15, 0.2) is 0 Å². The minimum absolute atomic E-state index is 0.974. The molecule has 6 aromatic rings. The van der Waals surface area contributed by atoms with E-state index in [0.717, 1.165) is 16.8 Å². The molecule has 0 unspecified atom stereocenters. The van der Waals surface area contributed by atoms with Gasteiger partial charge in [-0.1, -0.05) is 138 Å². The summed E-state index contributed by atoms with van der Waals surface area (Å²) >= 11 is 0. The molecular weight excluding hydrogens is 482 g/mol. The van der Waals surface area contributed by atoms with Gasteiger partial charge < -0.3 is 0 Å². The Bertz CT molecular complexity index is 1630. The number of aromatic nitrogens is 1. The van der Waals surface area contributed by atoms with Gasteiger partial charge in [0.2, 0.25) is 0 Å². The molecule has 194 valence electrons. The maximum atomic E-state index is 4.88. The van der Waals surface area contributed by atoms with Gasteiger partial charge >= 0.3 is 0 Å². The van der Waals surface area contributed by atoms with E-state index in [4.69, 9.17) is 4.98 Å². The average Bonchev–Trinajstić information content (AvgIpc) is 2.96. The maximum Gasteiger partial charge on any atom is 0.0702 e. The monoisotopic (exact) mass is 515 g/mol. The molecule has 6 rings (SSSR count). The van der Waals surface area contributed by atoms with Crippen molar-refractivity contribution in [3.63, 3.8) is 0 Å². The molecular formula is C39H33N. The summed E-state index contributed by atoms with van der Waals surface area (Å²) in [6.07, 6.45) is 2.00. The highest BCUT2D eigenvalue weighted by Gasteiger charge is 2.11. The number of hydrogen-bond acceptors (Lipinski definition) is 1. The Morgan fingerprint density at radius 1 is 0.350 bits per heavy atom. The zero-order valence-electron chi connectivity index (χ0n) is 23.6. The van der Waals surface area contributed by atoms with Crippen LogP contribution in [0, 0.1) is 27.7 Å². The smallest absolute Gasteiger partial charge is 0.0702 e. The summed E-state index contributed by atoms with van der Waals surface area (Å²) in [5, 5.41) is 0. The molecule has 1 heteroatoms. The quantitative estimate of drug-likeness (QED) is 0.222. The molecule has 5 aromatic carbocycles. The third kappa shape index (κ3) is 5.24. The Morgan fingerprint density at radius 3 is 1.15 bits per heavy atom. The van der Waals surface area contributed by atoms with Crippen LogP contribution in [0.3, 0.4) is 0 Å². The van der Waals surface area contributed by atoms with Gasteiger partial charge in [-0.25, -0.2) is 0 Å². The van der Waals surface area contributed by atoms with E-state index in [1.807, 2.05) is 6.20 Å². The maximum absolute atomic E-state index is 4.88. The van der Waals surface area contributed by atoms with E-state index in [1.54, 1.807) is 0 Å². The van der Waals surface area contributed by atoms with Gasteiger partial charge in [-0.2, -0.15) is 0 Å². The summed E-state index contributed by atoms with van der Waals surface area (Å²) in [5.74, 6) is 0. The first-order chi connectivity index (χ1) is 19.4. The molecule has 1 aromatic heterocycles. The fourth-order valence-corrected chi connectivity index (χ4v) is 5.78. The fraction of sp³-hybridized carbons (Fsp3) is 0.103. The summed E-state index contributed by atoms with van der Waals surface area (Å²) in [5.41, 5.74) is 17.0.